The first kappa shape index (κ1) is 11.9. The highest BCUT2D eigenvalue weighted by Gasteiger charge is 2.10. The van der Waals surface area contributed by atoms with E-state index in [-0.39, 0.29) is 0 Å². The maximum Gasteiger partial charge on any atom is 0.213 e. The van der Waals surface area contributed by atoms with Crippen LogP contribution < -0.4 is 4.74 Å². The Morgan fingerprint density at radius 2 is 2.19 bits per heavy atom. The van der Waals surface area contributed by atoms with Gasteiger partial charge < -0.3 is 4.74 Å². The van der Waals surface area contributed by atoms with Gasteiger partial charge in [0, 0.05) is 23.3 Å². The van der Waals surface area contributed by atoms with E-state index in [1.54, 1.807) is 6.20 Å². The third kappa shape index (κ3) is 3.19. The van der Waals surface area contributed by atoms with Gasteiger partial charge in [-0.2, -0.15) is 0 Å². The number of pyridine rings is 1. The van der Waals surface area contributed by atoms with Crippen LogP contribution in [0.5, 0.6) is 5.88 Å². The van der Waals surface area contributed by atoms with Crippen molar-refractivity contribution < 1.29 is 4.74 Å². The van der Waals surface area contributed by atoms with Gasteiger partial charge in [-0.3, -0.25) is 4.90 Å². The second-order valence-corrected chi connectivity index (χ2v) is 5.02. The molecule has 4 heteroatoms. The van der Waals surface area contributed by atoms with E-state index in [2.05, 4.69) is 25.8 Å². The maximum atomic E-state index is 5.63. The van der Waals surface area contributed by atoms with Crippen LogP contribution in [0.1, 0.15) is 18.4 Å². The fraction of sp³-hybridized carbons (Fsp3) is 0.583. The van der Waals surface area contributed by atoms with Crippen LogP contribution in [-0.4, -0.2) is 36.1 Å². The number of rotatable bonds is 4. The highest BCUT2D eigenvalue weighted by Crippen LogP contribution is 2.18. The molecule has 0 spiro atoms. The molecular formula is C12H17BrN2O. The van der Waals surface area contributed by atoms with Gasteiger partial charge in [0.05, 0.1) is 0 Å². The molecule has 16 heavy (non-hydrogen) atoms. The minimum Gasteiger partial charge on any atom is -0.476 e. The number of nitrogens with zero attached hydrogens (tertiary/aromatic N) is 2. The summed E-state index contributed by atoms with van der Waals surface area (Å²) in [6.45, 7) is 6.22. The third-order valence-corrected chi connectivity index (χ3v) is 3.71. The molecule has 1 aromatic rings. The minimum absolute atomic E-state index is 0.722. The number of aromatic nitrogens is 1. The number of likely N-dealkylation sites (tertiary alicyclic amines) is 1. The van der Waals surface area contributed by atoms with E-state index in [0.717, 1.165) is 29.1 Å². The van der Waals surface area contributed by atoms with Crippen LogP contribution in [0.15, 0.2) is 16.7 Å². The normalized spacial score (nSPS) is 16.6. The van der Waals surface area contributed by atoms with Crippen LogP contribution in [0.2, 0.25) is 0 Å². The summed E-state index contributed by atoms with van der Waals surface area (Å²) in [5, 5.41) is 0. The van der Waals surface area contributed by atoms with Crippen LogP contribution >= 0.6 is 15.9 Å². The van der Waals surface area contributed by atoms with Crippen molar-refractivity contribution in [2.75, 3.05) is 26.2 Å². The highest BCUT2D eigenvalue weighted by molar-refractivity contribution is 9.10. The number of hydrogen-bond acceptors (Lipinski definition) is 3. The molecule has 0 atom stereocenters. The zero-order valence-electron chi connectivity index (χ0n) is 9.58. The van der Waals surface area contributed by atoms with Crippen molar-refractivity contribution in [3.05, 3.63) is 22.3 Å². The van der Waals surface area contributed by atoms with Gasteiger partial charge in [0.25, 0.3) is 0 Å². The molecule has 2 heterocycles. The Balaban J connectivity index is 1.78. The zero-order chi connectivity index (χ0) is 11.4. The van der Waals surface area contributed by atoms with Crippen molar-refractivity contribution >= 4 is 15.9 Å². The quantitative estimate of drug-likeness (QED) is 0.850. The molecular weight excluding hydrogens is 268 g/mol. The number of aryl methyl sites for hydroxylation is 1. The molecule has 2 rings (SSSR count). The highest BCUT2D eigenvalue weighted by atomic mass is 79.9. The zero-order valence-corrected chi connectivity index (χ0v) is 11.2. The van der Waals surface area contributed by atoms with Crippen molar-refractivity contribution in [3.63, 3.8) is 0 Å². The summed E-state index contributed by atoms with van der Waals surface area (Å²) in [5.74, 6) is 0.722. The molecule has 0 radical (unpaired) electrons. The Hall–Kier alpha value is -0.610. The first-order chi connectivity index (χ1) is 7.75. The summed E-state index contributed by atoms with van der Waals surface area (Å²) in [6.07, 6.45) is 4.45. The lowest BCUT2D eigenvalue weighted by atomic mass is 10.3. The van der Waals surface area contributed by atoms with Gasteiger partial charge >= 0.3 is 0 Å². The molecule has 0 N–H and O–H groups in total. The van der Waals surface area contributed by atoms with E-state index in [1.807, 2.05) is 13.0 Å². The molecule has 0 aliphatic carbocycles. The van der Waals surface area contributed by atoms with Crippen LogP contribution in [-0.2, 0) is 0 Å². The standard InChI is InChI=1S/C12H17BrN2O/c1-10-8-12(14-9-11(10)13)16-7-6-15-4-2-3-5-15/h8-9H,2-7H2,1H3. The van der Waals surface area contributed by atoms with E-state index in [1.165, 1.54) is 25.9 Å². The first-order valence-electron chi connectivity index (χ1n) is 5.73. The maximum absolute atomic E-state index is 5.63. The van der Waals surface area contributed by atoms with Crippen LogP contribution in [0.25, 0.3) is 0 Å². The number of halogens is 1. The largest absolute Gasteiger partial charge is 0.476 e. The number of hydrogen-bond donors (Lipinski definition) is 0. The molecule has 1 aromatic heterocycles. The topological polar surface area (TPSA) is 25.4 Å². The SMILES string of the molecule is Cc1cc(OCCN2CCCC2)ncc1Br. The monoisotopic (exact) mass is 284 g/mol. The Kier molecular flexibility index (Phi) is 4.18. The molecule has 0 saturated carbocycles. The first-order valence-corrected chi connectivity index (χ1v) is 6.52. The average molecular weight is 285 g/mol. The average Bonchev–Trinajstić information content (AvgIpc) is 2.76. The van der Waals surface area contributed by atoms with Crippen molar-refractivity contribution in [3.8, 4) is 5.88 Å². The van der Waals surface area contributed by atoms with Crippen LogP contribution in [0, 0.1) is 6.92 Å². The lowest BCUT2D eigenvalue weighted by Gasteiger charge is -2.14. The summed E-state index contributed by atoms with van der Waals surface area (Å²) >= 11 is 3.43. The van der Waals surface area contributed by atoms with Crippen LogP contribution in [0.4, 0.5) is 0 Å². The molecule has 0 unspecified atom stereocenters. The predicted octanol–water partition coefficient (Wildman–Crippen LogP) is 2.63. The summed E-state index contributed by atoms with van der Waals surface area (Å²) in [4.78, 5) is 6.65. The summed E-state index contributed by atoms with van der Waals surface area (Å²) in [6, 6.07) is 1.97. The Bertz CT molecular complexity index is 351. The summed E-state index contributed by atoms with van der Waals surface area (Å²) < 4.78 is 6.66. The molecule has 1 saturated heterocycles. The van der Waals surface area contributed by atoms with Crippen molar-refractivity contribution in [1.82, 2.24) is 9.88 Å². The van der Waals surface area contributed by atoms with E-state index < -0.39 is 0 Å². The number of ether oxygens (including phenoxy) is 1. The smallest absolute Gasteiger partial charge is 0.213 e. The molecule has 88 valence electrons. The van der Waals surface area contributed by atoms with Gasteiger partial charge in [0.2, 0.25) is 5.88 Å². The molecule has 3 nitrogen and oxygen atoms in total. The van der Waals surface area contributed by atoms with E-state index in [0.29, 0.717) is 0 Å². The molecule has 1 aliphatic heterocycles. The van der Waals surface area contributed by atoms with Crippen molar-refractivity contribution in [2.24, 2.45) is 0 Å². The van der Waals surface area contributed by atoms with Gasteiger partial charge in [0.1, 0.15) is 6.61 Å². The van der Waals surface area contributed by atoms with Gasteiger partial charge in [-0.05, 0) is 54.3 Å². The second kappa shape index (κ2) is 5.64. The Labute approximate surface area is 105 Å². The molecule has 0 amide bonds. The predicted molar refractivity (Wildman–Crippen MR) is 67.8 cm³/mol. The van der Waals surface area contributed by atoms with Crippen molar-refractivity contribution in [1.29, 1.82) is 0 Å². The Morgan fingerprint density at radius 3 is 2.88 bits per heavy atom. The van der Waals surface area contributed by atoms with Gasteiger partial charge in [-0.25, -0.2) is 4.98 Å². The molecule has 0 bridgehead atoms. The van der Waals surface area contributed by atoms with Gasteiger partial charge in [0.15, 0.2) is 0 Å². The molecule has 0 aromatic carbocycles. The lowest BCUT2D eigenvalue weighted by Crippen LogP contribution is -2.25. The molecule has 1 aliphatic rings. The van der Waals surface area contributed by atoms with E-state index >= 15 is 0 Å². The fourth-order valence-corrected chi connectivity index (χ4v) is 2.09. The van der Waals surface area contributed by atoms with Gasteiger partial charge in [-0.15, -0.1) is 0 Å². The fourth-order valence-electron chi connectivity index (χ4n) is 1.88. The van der Waals surface area contributed by atoms with E-state index in [4.69, 9.17) is 4.74 Å². The molecule has 1 fully saturated rings. The van der Waals surface area contributed by atoms with Gasteiger partial charge in [-0.1, -0.05) is 0 Å². The van der Waals surface area contributed by atoms with E-state index in [9.17, 15) is 0 Å². The summed E-state index contributed by atoms with van der Waals surface area (Å²) in [5.41, 5.74) is 1.16. The Morgan fingerprint density at radius 1 is 1.44 bits per heavy atom. The minimum atomic E-state index is 0.722. The van der Waals surface area contributed by atoms with Crippen LogP contribution in [0.3, 0.4) is 0 Å². The lowest BCUT2D eigenvalue weighted by molar-refractivity contribution is 0.232. The second-order valence-electron chi connectivity index (χ2n) is 4.17. The third-order valence-electron chi connectivity index (χ3n) is 2.88. The van der Waals surface area contributed by atoms with Crippen molar-refractivity contribution in [2.45, 2.75) is 19.8 Å². The summed E-state index contributed by atoms with van der Waals surface area (Å²) in [7, 11) is 0.